The standard InChI is InChI=1S/C12H8O4/c13-11-5-1-3-7-10-8(15-7)4-2-6(9(5)10)12(14)16-11/h1,3,6,8H,2,4H2. The van der Waals surface area contributed by atoms with E-state index in [2.05, 4.69) is 0 Å². The van der Waals surface area contributed by atoms with Crippen LogP contribution in [0.15, 0.2) is 12.1 Å². The van der Waals surface area contributed by atoms with Gasteiger partial charge in [0.25, 0.3) is 0 Å². The SMILES string of the molecule is O=C1OC(=O)C2CCC3Oc4ccc1c2c43. The lowest BCUT2D eigenvalue weighted by Crippen LogP contribution is -2.36. The molecule has 1 aromatic rings. The quantitative estimate of drug-likeness (QED) is 0.489. The number of benzene rings is 1. The molecule has 4 rings (SSSR count). The van der Waals surface area contributed by atoms with Crippen molar-refractivity contribution in [2.24, 2.45) is 0 Å². The minimum Gasteiger partial charge on any atom is -0.485 e. The molecule has 0 spiro atoms. The van der Waals surface area contributed by atoms with Crippen LogP contribution in [0.1, 0.15) is 46.3 Å². The van der Waals surface area contributed by atoms with Crippen LogP contribution in [0.4, 0.5) is 0 Å². The van der Waals surface area contributed by atoms with E-state index in [1.807, 2.05) is 0 Å². The van der Waals surface area contributed by atoms with Crippen molar-refractivity contribution in [3.8, 4) is 5.75 Å². The van der Waals surface area contributed by atoms with E-state index in [4.69, 9.17) is 9.47 Å². The topological polar surface area (TPSA) is 52.6 Å². The molecule has 1 aliphatic carbocycles. The third kappa shape index (κ3) is 0.777. The highest BCUT2D eigenvalue weighted by Crippen LogP contribution is 2.53. The van der Waals surface area contributed by atoms with E-state index >= 15 is 0 Å². The fourth-order valence-corrected chi connectivity index (χ4v) is 2.88. The summed E-state index contributed by atoms with van der Waals surface area (Å²) in [4.78, 5) is 23.2. The van der Waals surface area contributed by atoms with Crippen LogP contribution in [0, 0.1) is 0 Å². The maximum Gasteiger partial charge on any atom is 0.346 e. The molecule has 0 bridgehead atoms. The summed E-state index contributed by atoms with van der Waals surface area (Å²) in [5.74, 6) is -0.374. The second kappa shape index (κ2) is 2.45. The predicted molar refractivity (Wildman–Crippen MR) is 52.2 cm³/mol. The number of hydrogen-bond donors (Lipinski definition) is 0. The second-order valence-electron chi connectivity index (χ2n) is 4.38. The van der Waals surface area contributed by atoms with E-state index in [0.29, 0.717) is 12.0 Å². The highest BCUT2D eigenvalue weighted by atomic mass is 16.6. The van der Waals surface area contributed by atoms with Crippen molar-refractivity contribution in [1.29, 1.82) is 0 Å². The molecule has 0 N–H and O–H groups in total. The Labute approximate surface area is 91.2 Å². The Kier molecular flexibility index (Phi) is 1.28. The number of carbonyl (C=O) groups is 2. The molecule has 2 heterocycles. The van der Waals surface area contributed by atoms with Crippen molar-refractivity contribution >= 4 is 11.9 Å². The van der Waals surface area contributed by atoms with Crippen molar-refractivity contribution in [3.63, 3.8) is 0 Å². The van der Waals surface area contributed by atoms with E-state index in [1.54, 1.807) is 12.1 Å². The smallest absolute Gasteiger partial charge is 0.346 e. The van der Waals surface area contributed by atoms with E-state index in [0.717, 1.165) is 23.3 Å². The molecule has 0 fully saturated rings. The number of carbonyl (C=O) groups excluding carboxylic acids is 2. The van der Waals surface area contributed by atoms with Crippen LogP contribution in [-0.2, 0) is 9.53 Å². The molecule has 4 nitrogen and oxygen atoms in total. The van der Waals surface area contributed by atoms with E-state index in [-0.39, 0.29) is 12.0 Å². The molecule has 80 valence electrons. The van der Waals surface area contributed by atoms with Gasteiger partial charge in [0.05, 0.1) is 11.5 Å². The number of esters is 2. The summed E-state index contributed by atoms with van der Waals surface area (Å²) < 4.78 is 10.3. The zero-order chi connectivity index (χ0) is 10.9. The number of rotatable bonds is 0. The Bertz CT molecular complexity index is 546. The Morgan fingerprint density at radius 2 is 2.00 bits per heavy atom. The van der Waals surface area contributed by atoms with Gasteiger partial charge in [-0.1, -0.05) is 0 Å². The normalized spacial score (nSPS) is 28.8. The van der Waals surface area contributed by atoms with Crippen LogP contribution in [-0.4, -0.2) is 11.9 Å². The minimum absolute atomic E-state index is 0.0832. The first-order valence-corrected chi connectivity index (χ1v) is 5.35. The zero-order valence-corrected chi connectivity index (χ0v) is 8.36. The minimum atomic E-state index is -0.522. The van der Waals surface area contributed by atoms with Crippen molar-refractivity contribution in [1.82, 2.24) is 0 Å². The molecule has 0 radical (unpaired) electrons. The highest BCUT2D eigenvalue weighted by molar-refractivity contribution is 6.05. The van der Waals surface area contributed by atoms with Gasteiger partial charge < -0.3 is 9.47 Å². The largest absolute Gasteiger partial charge is 0.485 e. The van der Waals surface area contributed by atoms with Gasteiger partial charge in [-0.25, -0.2) is 4.79 Å². The van der Waals surface area contributed by atoms with Gasteiger partial charge in [0, 0.05) is 5.56 Å². The highest BCUT2D eigenvalue weighted by Gasteiger charge is 2.46. The molecule has 4 heteroatoms. The fraction of sp³-hybridized carbons (Fsp3) is 0.333. The van der Waals surface area contributed by atoms with Gasteiger partial charge in [0.2, 0.25) is 0 Å². The van der Waals surface area contributed by atoms with Gasteiger partial charge in [-0.15, -0.1) is 0 Å². The summed E-state index contributed by atoms with van der Waals surface area (Å²) in [6, 6.07) is 3.47. The van der Waals surface area contributed by atoms with Gasteiger partial charge >= 0.3 is 11.9 Å². The average molecular weight is 216 g/mol. The Hall–Kier alpha value is -1.84. The maximum atomic E-state index is 11.6. The lowest BCUT2D eigenvalue weighted by molar-refractivity contribution is -0.141. The van der Waals surface area contributed by atoms with Gasteiger partial charge in [-0.05, 0) is 30.5 Å². The molecule has 0 aromatic heterocycles. The van der Waals surface area contributed by atoms with Crippen LogP contribution < -0.4 is 4.74 Å². The predicted octanol–water partition coefficient (Wildman–Crippen LogP) is 1.69. The molecule has 1 aromatic carbocycles. The van der Waals surface area contributed by atoms with Gasteiger partial charge in [-0.2, -0.15) is 0 Å². The molecule has 0 amide bonds. The molecule has 2 unspecified atom stereocenters. The second-order valence-corrected chi connectivity index (χ2v) is 4.38. The summed E-state index contributed by atoms with van der Waals surface area (Å²) in [5.41, 5.74) is 2.45. The van der Waals surface area contributed by atoms with E-state index in [1.165, 1.54) is 0 Å². The maximum absolute atomic E-state index is 11.6. The molecule has 0 saturated heterocycles. The van der Waals surface area contributed by atoms with Crippen LogP contribution in [0.25, 0.3) is 0 Å². The van der Waals surface area contributed by atoms with E-state index in [9.17, 15) is 9.59 Å². The van der Waals surface area contributed by atoms with Gasteiger partial charge in [-0.3, -0.25) is 4.79 Å². The Morgan fingerprint density at radius 3 is 2.88 bits per heavy atom. The third-order valence-electron chi connectivity index (χ3n) is 3.60. The first-order valence-electron chi connectivity index (χ1n) is 5.35. The number of cyclic esters (lactones) is 2. The van der Waals surface area contributed by atoms with Crippen molar-refractivity contribution in [2.75, 3.05) is 0 Å². The monoisotopic (exact) mass is 216 g/mol. The lowest BCUT2D eigenvalue weighted by Gasteiger charge is -2.41. The molecule has 3 aliphatic rings. The van der Waals surface area contributed by atoms with E-state index < -0.39 is 11.9 Å². The summed E-state index contributed by atoms with van der Waals surface area (Å²) in [6.07, 6.45) is 1.62. The number of ether oxygens (including phenoxy) is 2. The van der Waals surface area contributed by atoms with Crippen LogP contribution in [0.5, 0.6) is 5.75 Å². The van der Waals surface area contributed by atoms with Crippen LogP contribution >= 0.6 is 0 Å². The summed E-state index contributed by atoms with van der Waals surface area (Å²) >= 11 is 0. The molecular weight excluding hydrogens is 208 g/mol. The Morgan fingerprint density at radius 1 is 1.12 bits per heavy atom. The van der Waals surface area contributed by atoms with Crippen molar-refractivity contribution in [3.05, 3.63) is 28.8 Å². The first-order chi connectivity index (χ1) is 7.75. The average Bonchev–Trinajstić information content (AvgIpc) is 2.23. The van der Waals surface area contributed by atoms with Crippen molar-refractivity contribution in [2.45, 2.75) is 24.9 Å². The molecule has 16 heavy (non-hydrogen) atoms. The summed E-state index contributed by atoms with van der Waals surface area (Å²) in [7, 11) is 0. The van der Waals surface area contributed by atoms with Gasteiger partial charge in [0.15, 0.2) is 0 Å². The molecule has 2 atom stereocenters. The first kappa shape index (κ1) is 8.33. The fourth-order valence-electron chi connectivity index (χ4n) is 2.88. The molecule has 2 aliphatic heterocycles. The zero-order valence-electron chi connectivity index (χ0n) is 8.36. The molecule has 0 saturated carbocycles. The number of hydrogen-bond acceptors (Lipinski definition) is 4. The van der Waals surface area contributed by atoms with Crippen LogP contribution in [0.2, 0.25) is 0 Å². The third-order valence-corrected chi connectivity index (χ3v) is 3.60. The summed E-state index contributed by atoms with van der Waals surface area (Å²) in [5, 5.41) is 0. The lowest BCUT2D eigenvalue weighted by atomic mass is 9.75. The molecular formula is C12H8O4. The van der Waals surface area contributed by atoms with Gasteiger partial charge in [0.1, 0.15) is 11.9 Å². The Balaban J connectivity index is 2.06. The van der Waals surface area contributed by atoms with Crippen molar-refractivity contribution < 1.29 is 19.1 Å². The van der Waals surface area contributed by atoms with Crippen LogP contribution in [0.3, 0.4) is 0 Å². The summed E-state index contributed by atoms with van der Waals surface area (Å²) in [6.45, 7) is 0.